The van der Waals surface area contributed by atoms with E-state index in [1.165, 1.54) is 0 Å². The molecule has 0 saturated heterocycles. The second-order valence-corrected chi connectivity index (χ2v) is 5.43. The minimum absolute atomic E-state index is 0.0248. The van der Waals surface area contributed by atoms with Crippen LogP contribution in [0.25, 0.3) is 11.2 Å². The van der Waals surface area contributed by atoms with Crippen LogP contribution >= 0.6 is 12.2 Å². The Balaban J connectivity index is 2.28. The molecular formula is C14H16N4OS. The molecule has 0 spiro atoms. The zero-order valence-corrected chi connectivity index (χ0v) is 12.7. The Morgan fingerprint density at radius 2 is 2.10 bits per heavy atom. The number of H-pyrrole nitrogens is 1. The quantitative estimate of drug-likeness (QED) is 0.732. The van der Waals surface area contributed by atoms with E-state index < -0.39 is 0 Å². The van der Waals surface area contributed by atoms with Crippen LogP contribution < -0.4 is 0 Å². The van der Waals surface area contributed by atoms with Gasteiger partial charge in [0.25, 0.3) is 0 Å². The lowest BCUT2D eigenvalue weighted by Crippen LogP contribution is -2.09. The van der Waals surface area contributed by atoms with Crippen LogP contribution in [0.3, 0.4) is 0 Å². The summed E-state index contributed by atoms with van der Waals surface area (Å²) in [6.07, 6.45) is 1.80. The highest BCUT2D eigenvalue weighted by Crippen LogP contribution is 2.28. The largest absolute Gasteiger partial charge is 0.361 e. The third-order valence-electron chi connectivity index (χ3n) is 3.71. The van der Waals surface area contributed by atoms with E-state index in [0.29, 0.717) is 4.77 Å². The van der Waals surface area contributed by atoms with Crippen LogP contribution in [0.5, 0.6) is 0 Å². The molecule has 0 aliphatic rings. The van der Waals surface area contributed by atoms with E-state index in [4.69, 9.17) is 16.7 Å². The molecule has 0 radical (unpaired) electrons. The second kappa shape index (κ2) is 4.56. The van der Waals surface area contributed by atoms with Crippen molar-refractivity contribution in [1.29, 1.82) is 0 Å². The minimum atomic E-state index is 0.0248. The standard InChI is InChI=1S/C14H16N4OS/c1-7-5-6-15-13-12(7)16-14(20)18(13)9(3)11-8(2)17-19-10(11)4/h5-6,9H,1-4H3,(H,16,20). The molecule has 1 atom stereocenters. The Morgan fingerprint density at radius 1 is 1.35 bits per heavy atom. The predicted molar refractivity (Wildman–Crippen MR) is 79.4 cm³/mol. The van der Waals surface area contributed by atoms with Crippen molar-refractivity contribution in [3.63, 3.8) is 0 Å². The van der Waals surface area contributed by atoms with Gasteiger partial charge in [0.15, 0.2) is 10.4 Å². The number of hydrogen-bond acceptors (Lipinski definition) is 4. The number of hydrogen-bond donors (Lipinski definition) is 1. The first kappa shape index (κ1) is 13.1. The second-order valence-electron chi connectivity index (χ2n) is 5.04. The molecule has 5 nitrogen and oxygen atoms in total. The van der Waals surface area contributed by atoms with Gasteiger partial charge in [-0.3, -0.25) is 4.57 Å². The minimum Gasteiger partial charge on any atom is -0.361 e. The molecule has 0 amide bonds. The molecule has 0 bridgehead atoms. The molecule has 0 aliphatic heterocycles. The molecule has 3 aromatic heterocycles. The van der Waals surface area contributed by atoms with E-state index in [0.717, 1.165) is 33.7 Å². The zero-order valence-electron chi connectivity index (χ0n) is 11.9. The fourth-order valence-electron chi connectivity index (χ4n) is 2.72. The maximum Gasteiger partial charge on any atom is 0.179 e. The highest BCUT2D eigenvalue weighted by Gasteiger charge is 2.21. The summed E-state index contributed by atoms with van der Waals surface area (Å²) in [5, 5.41) is 4.02. The zero-order chi connectivity index (χ0) is 14.4. The van der Waals surface area contributed by atoms with E-state index >= 15 is 0 Å². The fourth-order valence-corrected chi connectivity index (χ4v) is 3.07. The summed E-state index contributed by atoms with van der Waals surface area (Å²) >= 11 is 5.47. The molecule has 6 heteroatoms. The summed E-state index contributed by atoms with van der Waals surface area (Å²) in [6, 6.07) is 2.00. The molecule has 20 heavy (non-hydrogen) atoms. The van der Waals surface area contributed by atoms with Crippen molar-refractivity contribution in [2.24, 2.45) is 0 Å². The summed E-state index contributed by atoms with van der Waals surface area (Å²) < 4.78 is 7.94. The van der Waals surface area contributed by atoms with Gasteiger partial charge in [0.1, 0.15) is 5.76 Å². The number of pyridine rings is 1. The van der Waals surface area contributed by atoms with E-state index in [2.05, 4.69) is 22.0 Å². The van der Waals surface area contributed by atoms with Crippen LogP contribution in [0.2, 0.25) is 0 Å². The molecule has 3 aromatic rings. The number of aryl methyl sites for hydroxylation is 3. The lowest BCUT2D eigenvalue weighted by atomic mass is 10.1. The third-order valence-corrected chi connectivity index (χ3v) is 4.01. The van der Waals surface area contributed by atoms with E-state index in [1.807, 2.05) is 31.4 Å². The molecule has 104 valence electrons. The van der Waals surface area contributed by atoms with Gasteiger partial charge in [-0.25, -0.2) is 4.98 Å². The molecule has 0 saturated carbocycles. The van der Waals surface area contributed by atoms with Crippen LogP contribution in [0.4, 0.5) is 0 Å². The highest BCUT2D eigenvalue weighted by atomic mass is 32.1. The molecule has 3 rings (SSSR count). The normalized spacial score (nSPS) is 13.0. The maximum absolute atomic E-state index is 5.47. The van der Waals surface area contributed by atoms with Gasteiger partial charge in [0, 0.05) is 11.8 Å². The average molecular weight is 288 g/mol. The number of nitrogens with one attached hydrogen (secondary N) is 1. The van der Waals surface area contributed by atoms with Gasteiger partial charge in [-0.15, -0.1) is 0 Å². The molecule has 0 aromatic carbocycles. The van der Waals surface area contributed by atoms with Crippen LogP contribution in [0, 0.1) is 25.5 Å². The number of fused-ring (bicyclic) bond motifs is 1. The van der Waals surface area contributed by atoms with Gasteiger partial charge in [-0.05, 0) is 51.5 Å². The van der Waals surface area contributed by atoms with E-state index in [1.54, 1.807) is 6.20 Å². The molecule has 0 fully saturated rings. The van der Waals surface area contributed by atoms with Crippen molar-refractivity contribution >= 4 is 23.4 Å². The fraction of sp³-hybridized carbons (Fsp3) is 0.357. The van der Waals surface area contributed by atoms with Gasteiger partial charge in [0.2, 0.25) is 0 Å². The number of nitrogens with zero attached hydrogens (tertiary/aromatic N) is 3. The first-order valence-corrected chi connectivity index (χ1v) is 6.90. The van der Waals surface area contributed by atoms with Gasteiger partial charge in [-0.2, -0.15) is 0 Å². The molecule has 0 aliphatic carbocycles. The summed E-state index contributed by atoms with van der Waals surface area (Å²) in [7, 11) is 0. The average Bonchev–Trinajstić information content (AvgIpc) is 2.90. The van der Waals surface area contributed by atoms with Gasteiger partial charge in [0.05, 0.1) is 17.3 Å². The summed E-state index contributed by atoms with van der Waals surface area (Å²) in [5.74, 6) is 0.818. The summed E-state index contributed by atoms with van der Waals surface area (Å²) in [5.41, 5.74) is 4.92. The van der Waals surface area contributed by atoms with Gasteiger partial charge >= 0.3 is 0 Å². The Kier molecular flexibility index (Phi) is 2.97. The smallest absolute Gasteiger partial charge is 0.179 e. The van der Waals surface area contributed by atoms with Gasteiger partial charge < -0.3 is 9.51 Å². The van der Waals surface area contributed by atoms with Gasteiger partial charge in [-0.1, -0.05) is 5.16 Å². The maximum atomic E-state index is 5.47. The Labute approximate surface area is 121 Å². The van der Waals surface area contributed by atoms with Crippen molar-refractivity contribution in [3.05, 3.63) is 39.6 Å². The molecule has 1 unspecified atom stereocenters. The van der Waals surface area contributed by atoms with Crippen molar-refractivity contribution in [2.45, 2.75) is 33.7 Å². The highest BCUT2D eigenvalue weighted by molar-refractivity contribution is 7.71. The topological polar surface area (TPSA) is 59.6 Å². The number of aromatic amines is 1. The number of rotatable bonds is 2. The number of aromatic nitrogens is 4. The first-order chi connectivity index (χ1) is 9.50. The third kappa shape index (κ3) is 1.79. The Morgan fingerprint density at radius 3 is 2.75 bits per heavy atom. The van der Waals surface area contributed by atoms with Crippen LogP contribution in [0.15, 0.2) is 16.8 Å². The van der Waals surface area contributed by atoms with E-state index in [-0.39, 0.29) is 6.04 Å². The Hall–Kier alpha value is -1.95. The number of imidazole rings is 1. The van der Waals surface area contributed by atoms with Crippen molar-refractivity contribution in [3.8, 4) is 0 Å². The summed E-state index contributed by atoms with van der Waals surface area (Å²) in [4.78, 5) is 7.71. The molecule has 1 N–H and O–H groups in total. The first-order valence-electron chi connectivity index (χ1n) is 6.49. The SMILES string of the molecule is Cc1noc(C)c1C(C)n1c(=S)[nH]c2c(C)ccnc21. The lowest BCUT2D eigenvalue weighted by Gasteiger charge is -2.13. The van der Waals surface area contributed by atoms with E-state index in [9.17, 15) is 0 Å². The molecular weight excluding hydrogens is 272 g/mol. The van der Waals surface area contributed by atoms with Crippen molar-refractivity contribution in [1.82, 2.24) is 19.7 Å². The summed E-state index contributed by atoms with van der Waals surface area (Å²) in [6.45, 7) is 7.99. The van der Waals surface area contributed by atoms with Crippen LogP contribution in [-0.2, 0) is 0 Å². The monoisotopic (exact) mass is 288 g/mol. The van der Waals surface area contributed by atoms with Crippen molar-refractivity contribution in [2.75, 3.05) is 0 Å². The van der Waals surface area contributed by atoms with Crippen LogP contribution in [0.1, 0.15) is 35.5 Å². The van der Waals surface area contributed by atoms with Crippen LogP contribution in [-0.4, -0.2) is 19.7 Å². The molecule has 3 heterocycles. The van der Waals surface area contributed by atoms with Crippen molar-refractivity contribution < 1.29 is 4.52 Å². The predicted octanol–water partition coefficient (Wildman–Crippen LogP) is 3.62. The lowest BCUT2D eigenvalue weighted by molar-refractivity contribution is 0.391. The Bertz CT molecular complexity index is 823.